The van der Waals surface area contributed by atoms with E-state index in [1.165, 1.54) is 5.56 Å². The van der Waals surface area contributed by atoms with E-state index in [4.69, 9.17) is 0 Å². The van der Waals surface area contributed by atoms with Crippen molar-refractivity contribution in [3.63, 3.8) is 0 Å². The highest BCUT2D eigenvalue weighted by atomic mass is 16.2. The van der Waals surface area contributed by atoms with Crippen molar-refractivity contribution in [3.8, 4) is 0 Å². The van der Waals surface area contributed by atoms with Crippen molar-refractivity contribution >= 4 is 11.8 Å². The summed E-state index contributed by atoms with van der Waals surface area (Å²) in [5.74, 6) is 0.220. The number of amides is 2. The quantitative estimate of drug-likeness (QED) is 0.915. The number of benzene rings is 1. The van der Waals surface area contributed by atoms with Gasteiger partial charge in [0.05, 0.1) is 6.54 Å². The van der Waals surface area contributed by atoms with Crippen LogP contribution in [-0.2, 0) is 16.1 Å². The molecular weight excluding hydrogens is 302 g/mol. The van der Waals surface area contributed by atoms with E-state index >= 15 is 0 Å². The second kappa shape index (κ2) is 7.79. The van der Waals surface area contributed by atoms with Gasteiger partial charge in [0.25, 0.3) is 0 Å². The van der Waals surface area contributed by atoms with E-state index in [0.717, 1.165) is 18.7 Å². The van der Waals surface area contributed by atoms with Gasteiger partial charge in [0.15, 0.2) is 0 Å². The van der Waals surface area contributed by atoms with Gasteiger partial charge in [-0.25, -0.2) is 0 Å². The summed E-state index contributed by atoms with van der Waals surface area (Å²) in [4.78, 5) is 28.4. The molecule has 2 amide bonds. The molecule has 1 heterocycles. The van der Waals surface area contributed by atoms with Crippen molar-refractivity contribution < 1.29 is 9.59 Å². The van der Waals surface area contributed by atoms with Gasteiger partial charge in [0.2, 0.25) is 11.8 Å². The number of carbonyl (C=O) groups is 2. The van der Waals surface area contributed by atoms with Crippen LogP contribution in [0.25, 0.3) is 0 Å². The maximum Gasteiger partial charge on any atom is 0.234 e. The number of piperazine rings is 1. The van der Waals surface area contributed by atoms with E-state index in [2.05, 4.69) is 10.2 Å². The van der Waals surface area contributed by atoms with Crippen LogP contribution < -0.4 is 5.32 Å². The highest BCUT2D eigenvalue weighted by molar-refractivity contribution is 5.81. The van der Waals surface area contributed by atoms with Crippen molar-refractivity contribution in [3.05, 3.63) is 35.4 Å². The van der Waals surface area contributed by atoms with Gasteiger partial charge in [0, 0.05) is 38.1 Å². The molecule has 1 fully saturated rings. The normalized spacial score (nSPS) is 16.1. The van der Waals surface area contributed by atoms with Crippen LogP contribution >= 0.6 is 0 Å². The number of aryl methyl sites for hydroxylation is 1. The van der Waals surface area contributed by atoms with Crippen molar-refractivity contribution in [1.29, 1.82) is 0 Å². The summed E-state index contributed by atoms with van der Waals surface area (Å²) in [5.41, 5.74) is 1.98. The van der Waals surface area contributed by atoms with Gasteiger partial charge in [-0.1, -0.05) is 50.6 Å². The van der Waals surface area contributed by atoms with Gasteiger partial charge in [0.1, 0.15) is 0 Å². The van der Waals surface area contributed by atoms with Crippen LogP contribution in [0.4, 0.5) is 0 Å². The molecule has 24 heavy (non-hydrogen) atoms. The molecule has 0 radical (unpaired) electrons. The molecule has 0 spiro atoms. The smallest absolute Gasteiger partial charge is 0.234 e. The number of rotatable bonds is 4. The fourth-order valence-corrected chi connectivity index (χ4v) is 2.75. The lowest BCUT2D eigenvalue weighted by molar-refractivity contribution is -0.141. The second-order valence-corrected chi connectivity index (χ2v) is 7.58. The SMILES string of the molecule is Cc1ccc(CNC(=O)CN2CCN(C(=O)C(C)(C)C)CC2)cc1. The first kappa shape index (κ1) is 18.5. The van der Waals surface area contributed by atoms with Crippen LogP contribution in [0, 0.1) is 12.3 Å². The highest BCUT2D eigenvalue weighted by Gasteiger charge is 2.29. The summed E-state index contributed by atoms with van der Waals surface area (Å²) >= 11 is 0. The third-order valence-corrected chi connectivity index (χ3v) is 4.28. The third-order valence-electron chi connectivity index (χ3n) is 4.28. The van der Waals surface area contributed by atoms with E-state index in [0.29, 0.717) is 26.2 Å². The lowest BCUT2D eigenvalue weighted by Crippen LogP contribution is -2.53. The predicted octanol–water partition coefficient (Wildman–Crippen LogP) is 1.80. The Balaban J connectivity index is 1.72. The molecule has 0 saturated carbocycles. The molecule has 1 aliphatic rings. The Bertz CT molecular complexity index is 567. The Morgan fingerprint density at radius 2 is 1.62 bits per heavy atom. The molecule has 1 saturated heterocycles. The fraction of sp³-hybridized carbons (Fsp3) is 0.579. The first-order chi connectivity index (χ1) is 11.3. The van der Waals surface area contributed by atoms with Gasteiger partial charge >= 0.3 is 0 Å². The van der Waals surface area contributed by atoms with Crippen molar-refractivity contribution in [2.45, 2.75) is 34.2 Å². The molecule has 0 aliphatic carbocycles. The molecule has 0 unspecified atom stereocenters. The van der Waals surface area contributed by atoms with Crippen molar-refractivity contribution in [2.75, 3.05) is 32.7 Å². The molecular formula is C19H29N3O2. The van der Waals surface area contributed by atoms with Crippen LogP contribution in [0.5, 0.6) is 0 Å². The topological polar surface area (TPSA) is 52.7 Å². The van der Waals surface area contributed by atoms with Gasteiger partial charge < -0.3 is 10.2 Å². The Kier molecular flexibility index (Phi) is 5.99. The molecule has 1 aromatic carbocycles. The molecule has 0 atom stereocenters. The van der Waals surface area contributed by atoms with E-state index in [1.807, 2.05) is 56.9 Å². The molecule has 132 valence electrons. The van der Waals surface area contributed by atoms with Gasteiger partial charge in [-0.3, -0.25) is 14.5 Å². The average Bonchev–Trinajstić information content (AvgIpc) is 2.53. The molecule has 1 aliphatic heterocycles. The standard InChI is InChI=1S/C19H29N3O2/c1-15-5-7-16(8-6-15)13-20-17(23)14-21-9-11-22(12-10-21)18(24)19(2,3)4/h5-8H,9-14H2,1-4H3,(H,20,23). The van der Waals surface area contributed by atoms with Crippen LogP contribution in [0.3, 0.4) is 0 Å². The number of nitrogens with one attached hydrogen (secondary N) is 1. The van der Waals surface area contributed by atoms with E-state index in [1.54, 1.807) is 0 Å². The molecule has 0 bridgehead atoms. The van der Waals surface area contributed by atoms with Gasteiger partial charge in [-0.15, -0.1) is 0 Å². The third kappa shape index (κ3) is 5.34. The van der Waals surface area contributed by atoms with Gasteiger partial charge in [-0.2, -0.15) is 0 Å². The Morgan fingerprint density at radius 1 is 1.04 bits per heavy atom. The number of nitrogens with zero attached hydrogens (tertiary/aromatic N) is 2. The summed E-state index contributed by atoms with van der Waals surface area (Å²) < 4.78 is 0. The van der Waals surface area contributed by atoms with E-state index < -0.39 is 0 Å². The number of carbonyl (C=O) groups excluding carboxylic acids is 2. The minimum atomic E-state index is -0.340. The van der Waals surface area contributed by atoms with Crippen LogP contribution in [0.1, 0.15) is 31.9 Å². The zero-order valence-electron chi connectivity index (χ0n) is 15.3. The van der Waals surface area contributed by atoms with Crippen LogP contribution in [-0.4, -0.2) is 54.3 Å². The fourth-order valence-electron chi connectivity index (χ4n) is 2.75. The Labute approximate surface area is 145 Å². The van der Waals surface area contributed by atoms with Crippen LogP contribution in [0.15, 0.2) is 24.3 Å². The van der Waals surface area contributed by atoms with Gasteiger partial charge in [-0.05, 0) is 12.5 Å². The largest absolute Gasteiger partial charge is 0.351 e. The summed E-state index contributed by atoms with van der Waals surface area (Å²) in [6, 6.07) is 8.17. The zero-order chi connectivity index (χ0) is 17.7. The summed E-state index contributed by atoms with van der Waals surface area (Å²) in [6.07, 6.45) is 0. The monoisotopic (exact) mass is 331 g/mol. The maximum atomic E-state index is 12.3. The van der Waals surface area contributed by atoms with Crippen molar-refractivity contribution in [2.24, 2.45) is 5.41 Å². The average molecular weight is 331 g/mol. The van der Waals surface area contributed by atoms with Crippen molar-refractivity contribution in [1.82, 2.24) is 15.1 Å². The molecule has 2 rings (SSSR count). The molecule has 1 N–H and O–H groups in total. The minimum Gasteiger partial charge on any atom is -0.351 e. The van der Waals surface area contributed by atoms with E-state index in [9.17, 15) is 9.59 Å². The first-order valence-electron chi connectivity index (χ1n) is 8.60. The predicted molar refractivity (Wildman–Crippen MR) is 95.5 cm³/mol. The highest BCUT2D eigenvalue weighted by Crippen LogP contribution is 2.18. The summed E-state index contributed by atoms with van der Waals surface area (Å²) in [6.45, 7) is 11.7. The minimum absolute atomic E-state index is 0.0335. The molecule has 5 nitrogen and oxygen atoms in total. The number of hydrogen-bond acceptors (Lipinski definition) is 3. The lowest BCUT2D eigenvalue weighted by Gasteiger charge is -2.37. The summed E-state index contributed by atoms with van der Waals surface area (Å²) in [5, 5.41) is 2.96. The molecule has 0 aromatic heterocycles. The Morgan fingerprint density at radius 3 is 2.17 bits per heavy atom. The number of hydrogen-bond donors (Lipinski definition) is 1. The second-order valence-electron chi connectivity index (χ2n) is 7.58. The van der Waals surface area contributed by atoms with Crippen LogP contribution in [0.2, 0.25) is 0 Å². The lowest BCUT2D eigenvalue weighted by atomic mass is 9.94. The maximum absolute atomic E-state index is 12.3. The zero-order valence-corrected chi connectivity index (χ0v) is 15.3. The molecule has 5 heteroatoms. The van der Waals surface area contributed by atoms with E-state index in [-0.39, 0.29) is 17.2 Å². The first-order valence-corrected chi connectivity index (χ1v) is 8.60. The summed E-state index contributed by atoms with van der Waals surface area (Å²) in [7, 11) is 0. The molecule has 1 aromatic rings. The Hall–Kier alpha value is -1.88.